The molecule has 1 aliphatic carbocycles. The first kappa shape index (κ1) is 12.9. The molecule has 0 radical (unpaired) electrons. The van der Waals surface area contributed by atoms with E-state index in [1.165, 1.54) is 0 Å². The lowest BCUT2D eigenvalue weighted by Crippen LogP contribution is -2.31. The number of anilines is 1. The highest BCUT2D eigenvalue weighted by Gasteiger charge is 2.44. The van der Waals surface area contributed by atoms with Crippen LogP contribution in [0.15, 0.2) is 42.9 Å². The Kier molecular flexibility index (Phi) is 3.52. The number of carbonyl (C=O) groups is 1. The minimum atomic E-state index is -0.0428. The Labute approximate surface area is 121 Å². The minimum Gasteiger partial charge on any atom is -0.295 e. The van der Waals surface area contributed by atoms with E-state index in [0.717, 1.165) is 12.0 Å². The highest BCUT2D eigenvalue weighted by Crippen LogP contribution is 2.47. The summed E-state index contributed by atoms with van der Waals surface area (Å²) in [6.07, 6.45) is 5.98. The highest BCUT2D eigenvalue weighted by molar-refractivity contribution is 6.31. The average Bonchev–Trinajstić information content (AvgIpc) is 3.28. The number of amides is 1. The molecule has 1 amide bonds. The number of rotatable bonds is 4. The molecule has 20 heavy (non-hydrogen) atoms. The molecule has 102 valence electrons. The summed E-state index contributed by atoms with van der Waals surface area (Å²) in [6.45, 7) is 0. The van der Waals surface area contributed by atoms with E-state index in [2.05, 4.69) is 20.8 Å². The van der Waals surface area contributed by atoms with Crippen LogP contribution < -0.4 is 10.9 Å². The highest BCUT2D eigenvalue weighted by atomic mass is 35.5. The van der Waals surface area contributed by atoms with Crippen molar-refractivity contribution >= 4 is 23.2 Å². The van der Waals surface area contributed by atoms with E-state index < -0.39 is 0 Å². The van der Waals surface area contributed by atoms with Gasteiger partial charge in [-0.05, 0) is 36.1 Å². The number of aromatic nitrogens is 2. The van der Waals surface area contributed by atoms with Gasteiger partial charge in [-0.15, -0.1) is 0 Å². The number of nitrogens with zero attached hydrogens (tertiary/aromatic N) is 2. The van der Waals surface area contributed by atoms with Crippen molar-refractivity contribution in [2.24, 2.45) is 5.92 Å². The van der Waals surface area contributed by atoms with Gasteiger partial charge in [0.1, 0.15) is 0 Å². The third-order valence-corrected chi connectivity index (χ3v) is 3.62. The van der Waals surface area contributed by atoms with Gasteiger partial charge in [0.15, 0.2) is 5.15 Å². The molecule has 0 aromatic carbocycles. The Morgan fingerprint density at radius 3 is 2.90 bits per heavy atom. The normalized spacial score (nSPS) is 20.2. The van der Waals surface area contributed by atoms with E-state index in [1.807, 2.05) is 18.3 Å². The van der Waals surface area contributed by atoms with Crippen molar-refractivity contribution in [3.8, 4) is 0 Å². The molecular formula is C14H13ClN4O. The molecule has 0 unspecified atom stereocenters. The molecule has 2 N–H and O–H groups in total. The molecule has 2 heterocycles. The lowest BCUT2D eigenvalue weighted by atomic mass is 10.1. The van der Waals surface area contributed by atoms with Crippen molar-refractivity contribution in [2.75, 3.05) is 5.43 Å². The van der Waals surface area contributed by atoms with E-state index in [4.69, 9.17) is 11.6 Å². The number of pyridine rings is 2. The molecule has 6 heteroatoms. The fourth-order valence-corrected chi connectivity index (χ4v) is 2.32. The van der Waals surface area contributed by atoms with Gasteiger partial charge in [0, 0.05) is 24.5 Å². The first-order valence-corrected chi connectivity index (χ1v) is 6.70. The van der Waals surface area contributed by atoms with Gasteiger partial charge in [0.05, 0.1) is 5.69 Å². The topological polar surface area (TPSA) is 66.9 Å². The zero-order chi connectivity index (χ0) is 13.9. The summed E-state index contributed by atoms with van der Waals surface area (Å²) in [5.41, 5.74) is 7.15. The average molecular weight is 289 g/mol. The lowest BCUT2D eigenvalue weighted by molar-refractivity contribution is -0.121. The van der Waals surface area contributed by atoms with Gasteiger partial charge in [-0.1, -0.05) is 17.7 Å². The van der Waals surface area contributed by atoms with Crippen LogP contribution in [0.4, 0.5) is 5.69 Å². The lowest BCUT2D eigenvalue weighted by Gasteiger charge is -2.09. The molecule has 2 aromatic heterocycles. The smallest absolute Gasteiger partial charge is 0.242 e. The summed E-state index contributed by atoms with van der Waals surface area (Å²) in [4.78, 5) is 20.0. The number of halogens is 1. The first-order chi connectivity index (χ1) is 9.75. The Bertz CT molecular complexity index is 620. The molecule has 2 aromatic rings. The second-order valence-corrected chi connectivity index (χ2v) is 5.05. The molecule has 0 bridgehead atoms. The summed E-state index contributed by atoms with van der Waals surface area (Å²) < 4.78 is 0. The maximum atomic E-state index is 12.0. The largest absolute Gasteiger partial charge is 0.295 e. The van der Waals surface area contributed by atoms with E-state index in [-0.39, 0.29) is 17.7 Å². The van der Waals surface area contributed by atoms with Crippen LogP contribution >= 0.6 is 11.6 Å². The molecule has 1 saturated carbocycles. The second kappa shape index (κ2) is 5.46. The maximum Gasteiger partial charge on any atom is 0.242 e. The summed E-state index contributed by atoms with van der Waals surface area (Å²) in [5, 5.41) is 0.326. The Morgan fingerprint density at radius 2 is 2.15 bits per heavy atom. The number of carbonyl (C=O) groups excluding carboxylic acids is 1. The molecule has 0 spiro atoms. The molecule has 2 atom stereocenters. The van der Waals surface area contributed by atoms with Crippen LogP contribution in [0.5, 0.6) is 0 Å². The van der Waals surface area contributed by atoms with Gasteiger partial charge in [-0.3, -0.25) is 20.6 Å². The number of hydrogen-bond acceptors (Lipinski definition) is 4. The van der Waals surface area contributed by atoms with Crippen molar-refractivity contribution in [3.63, 3.8) is 0 Å². The summed E-state index contributed by atoms with van der Waals surface area (Å²) in [6, 6.07) is 7.38. The summed E-state index contributed by atoms with van der Waals surface area (Å²) in [5.74, 6) is 0.204. The van der Waals surface area contributed by atoms with Crippen LogP contribution in [0.1, 0.15) is 17.9 Å². The zero-order valence-corrected chi connectivity index (χ0v) is 11.3. The van der Waals surface area contributed by atoms with Crippen molar-refractivity contribution in [2.45, 2.75) is 12.3 Å². The predicted molar refractivity (Wildman–Crippen MR) is 76.1 cm³/mol. The van der Waals surface area contributed by atoms with E-state index >= 15 is 0 Å². The predicted octanol–water partition coefficient (Wildman–Crippen LogP) is 2.38. The fraction of sp³-hybridized carbons (Fsp3) is 0.214. The molecule has 5 nitrogen and oxygen atoms in total. The fourth-order valence-electron chi connectivity index (χ4n) is 2.15. The van der Waals surface area contributed by atoms with Crippen molar-refractivity contribution in [1.29, 1.82) is 0 Å². The number of nitrogens with one attached hydrogen (secondary N) is 2. The summed E-state index contributed by atoms with van der Waals surface area (Å²) in [7, 11) is 0. The standard InChI is InChI=1S/C14H13ClN4O/c15-13-12(4-2-6-17-13)18-19-14(20)11-7-10(11)9-3-1-5-16-8-9/h1-6,8,10-11,18H,7H2,(H,19,20)/t10-,11+/m1/s1. The third kappa shape index (κ3) is 2.72. The SMILES string of the molecule is O=C(NNc1cccnc1Cl)[C@H]1C[C@@H]1c1cccnc1. The van der Waals surface area contributed by atoms with E-state index in [1.54, 1.807) is 24.5 Å². The van der Waals surface area contributed by atoms with Crippen LogP contribution in [0, 0.1) is 5.92 Å². The van der Waals surface area contributed by atoms with E-state index in [9.17, 15) is 4.79 Å². The second-order valence-electron chi connectivity index (χ2n) is 4.69. The molecule has 3 rings (SSSR count). The molecular weight excluding hydrogens is 276 g/mol. The zero-order valence-electron chi connectivity index (χ0n) is 10.6. The Morgan fingerprint density at radius 1 is 1.30 bits per heavy atom. The molecule has 1 fully saturated rings. The van der Waals surface area contributed by atoms with Crippen LogP contribution in [-0.4, -0.2) is 15.9 Å². The number of hydrogen-bond donors (Lipinski definition) is 2. The van der Waals surface area contributed by atoms with Gasteiger partial charge in [-0.2, -0.15) is 0 Å². The first-order valence-electron chi connectivity index (χ1n) is 6.32. The van der Waals surface area contributed by atoms with Gasteiger partial charge in [0.2, 0.25) is 5.91 Å². The van der Waals surface area contributed by atoms with E-state index in [0.29, 0.717) is 10.8 Å². The molecule has 0 aliphatic heterocycles. The van der Waals surface area contributed by atoms with Gasteiger partial charge in [0.25, 0.3) is 0 Å². The number of hydrazine groups is 1. The van der Waals surface area contributed by atoms with Crippen LogP contribution in [-0.2, 0) is 4.79 Å². The monoisotopic (exact) mass is 288 g/mol. The van der Waals surface area contributed by atoms with Crippen molar-refractivity contribution < 1.29 is 4.79 Å². The van der Waals surface area contributed by atoms with Crippen molar-refractivity contribution in [3.05, 3.63) is 53.6 Å². The maximum absolute atomic E-state index is 12.0. The van der Waals surface area contributed by atoms with Crippen LogP contribution in [0.2, 0.25) is 5.15 Å². The quantitative estimate of drug-likeness (QED) is 0.669. The summed E-state index contributed by atoms with van der Waals surface area (Å²) >= 11 is 5.89. The van der Waals surface area contributed by atoms with Gasteiger partial charge < -0.3 is 0 Å². The molecule has 0 saturated heterocycles. The van der Waals surface area contributed by atoms with Gasteiger partial charge >= 0.3 is 0 Å². The minimum absolute atomic E-state index is 0.0119. The third-order valence-electron chi connectivity index (χ3n) is 3.32. The van der Waals surface area contributed by atoms with Crippen molar-refractivity contribution in [1.82, 2.24) is 15.4 Å². The van der Waals surface area contributed by atoms with Gasteiger partial charge in [-0.25, -0.2) is 4.98 Å². The molecule has 1 aliphatic rings. The van der Waals surface area contributed by atoms with Crippen LogP contribution in [0.25, 0.3) is 0 Å². The Balaban J connectivity index is 1.56. The van der Waals surface area contributed by atoms with Crippen LogP contribution in [0.3, 0.4) is 0 Å². The Hall–Kier alpha value is -2.14.